The summed E-state index contributed by atoms with van der Waals surface area (Å²) in [6.07, 6.45) is 1.09. The monoisotopic (exact) mass is 304 g/mol. The SMILES string of the molecule is BrCCCNN(c1ccccc1)c1ccccc1. The van der Waals surface area contributed by atoms with Crippen LogP contribution in [0.25, 0.3) is 0 Å². The van der Waals surface area contributed by atoms with Crippen molar-refractivity contribution in [3.05, 3.63) is 60.7 Å². The van der Waals surface area contributed by atoms with Gasteiger partial charge in [-0.05, 0) is 30.7 Å². The number of anilines is 2. The molecule has 0 radical (unpaired) electrons. The Bertz CT molecular complexity index is 405. The first-order chi connectivity index (χ1) is 8.92. The summed E-state index contributed by atoms with van der Waals surface area (Å²) in [4.78, 5) is 0. The molecule has 0 aliphatic rings. The Balaban J connectivity index is 2.18. The van der Waals surface area contributed by atoms with Gasteiger partial charge in [0.25, 0.3) is 0 Å². The van der Waals surface area contributed by atoms with E-state index in [9.17, 15) is 0 Å². The summed E-state index contributed by atoms with van der Waals surface area (Å²) in [5.41, 5.74) is 5.76. The van der Waals surface area contributed by atoms with Gasteiger partial charge in [-0.2, -0.15) is 0 Å². The molecule has 0 saturated heterocycles. The van der Waals surface area contributed by atoms with Gasteiger partial charge in [0.1, 0.15) is 0 Å². The van der Waals surface area contributed by atoms with E-state index in [0.29, 0.717) is 0 Å². The molecule has 0 atom stereocenters. The van der Waals surface area contributed by atoms with Crippen LogP contribution in [0.5, 0.6) is 0 Å². The number of para-hydroxylation sites is 2. The van der Waals surface area contributed by atoms with Crippen molar-refractivity contribution in [2.45, 2.75) is 6.42 Å². The number of hydrazine groups is 1. The Morgan fingerprint density at radius 1 is 0.833 bits per heavy atom. The first-order valence-corrected chi connectivity index (χ1v) is 7.23. The first kappa shape index (κ1) is 13.1. The van der Waals surface area contributed by atoms with Crippen molar-refractivity contribution in [2.24, 2.45) is 0 Å². The second kappa shape index (κ2) is 7.19. The van der Waals surface area contributed by atoms with E-state index in [1.54, 1.807) is 0 Å². The number of alkyl halides is 1. The van der Waals surface area contributed by atoms with Gasteiger partial charge in [-0.15, -0.1) is 0 Å². The van der Waals surface area contributed by atoms with E-state index in [0.717, 1.165) is 29.7 Å². The Morgan fingerprint density at radius 3 is 1.78 bits per heavy atom. The summed E-state index contributed by atoms with van der Waals surface area (Å²) in [5.74, 6) is 0. The summed E-state index contributed by atoms with van der Waals surface area (Å²) in [7, 11) is 0. The Kier molecular flexibility index (Phi) is 5.24. The van der Waals surface area contributed by atoms with E-state index in [1.807, 2.05) is 12.1 Å². The molecule has 2 nitrogen and oxygen atoms in total. The maximum absolute atomic E-state index is 3.46. The molecule has 0 aliphatic carbocycles. The predicted molar refractivity (Wildman–Crippen MR) is 81.4 cm³/mol. The molecule has 2 aromatic carbocycles. The number of benzene rings is 2. The molecule has 0 aliphatic heterocycles. The van der Waals surface area contributed by atoms with E-state index < -0.39 is 0 Å². The van der Waals surface area contributed by atoms with Crippen LogP contribution in [-0.4, -0.2) is 11.9 Å². The summed E-state index contributed by atoms with van der Waals surface area (Å²) in [6, 6.07) is 20.7. The molecule has 0 saturated carbocycles. The minimum absolute atomic E-state index is 0.940. The van der Waals surface area contributed by atoms with E-state index in [4.69, 9.17) is 0 Å². The third-order valence-corrected chi connectivity index (χ3v) is 3.17. The lowest BCUT2D eigenvalue weighted by molar-refractivity contribution is 0.692. The average Bonchev–Trinajstić information content (AvgIpc) is 2.46. The Morgan fingerprint density at radius 2 is 1.33 bits per heavy atom. The van der Waals surface area contributed by atoms with Crippen molar-refractivity contribution < 1.29 is 0 Å². The molecule has 18 heavy (non-hydrogen) atoms. The van der Waals surface area contributed by atoms with Crippen molar-refractivity contribution in [3.8, 4) is 0 Å². The molecular weight excluding hydrogens is 288 g/mol. The first-order valence-electron chi connectivity index (χ1n) is 6.11. The number of halogens is 1. The third-order valence-electron chi connectivity index (χ3n) is 2.61. The summed E-state index contributed by atoms with van der Waals surface area (Å²) in [5, 5.41) is 3.14. The molecule has 0 spiro atoms. The van der Waals surface area contributed by atoms with Crippen LogP contribution in [0.2, 0.25) is 0 Å². The second-order valence-electron chi connectivity index (χ2n) is 3.96. The lowest BCUT2D eigenvalue weighted by atomic mass is 10.2. The number of hydrogen-bond acceptors (Lipinski definition) is 2. The molecule has 2 aromatic rings. The highest BCUT2D eigenvalue weighted by atomic mass is 79.9. The van der Waals surface area contributed by atoms with Crippen LogP contribution in [-0.2, 0) is 0 Å². The van der Waals surface area contributed by atoms with Gasteiger partial charge in [-0.3, -0.25) is 5.01 Å². The number of hydrogen-bond donors (Lipinski definition) is 1. The van der Waals surface area contributed by atoms with Gasteiger partial charge in [0.2, 0.25) is 0 Å². The Hall–Kier alpha value is -1.32. The maximum atomic E-state index is 3.46. The molecule has 3 heteroatoms. The quantitative estimate of drug-likeness (QED) is 0.491. The number of rotatable bonds is 6. The molecule has 1 N–H and O–H groups in total. The minimum Gasteiger partial charge on any atom is -0.277 e. The average molecular weight is 305 g/mol. The summed E-state index contributed by atoms with van der Waals surface area (Å²) >= 11 is 3.45. The summed E-state index contributed by atoms with van der Waals surface area (Å²) < 4.78 is 0. The van der Waals surface area contributed by atoms with Crippen LogP contribution in [0.4, 0.5) is 11.4 Å². The molecule has 0 amide bonds. The van der Waals surface area contributed by atoms with Gasteiger partial charge in [-0.1, -0.05) is 52.3 Å². The van der Waals surface area contributed by atoms with E-state index in [-0.39, 0.29) is 0 Å². The molecule has 0 unspecified atom stereocenters. The van der Waals surface area contributed by atoms with Crippen molar-refractivity contribution in [1.29, 1.82) is 0 Å². The van der Waals surface area contributed by atoms with Crippen molar-refractivity contribution >= 4 is 27.3 Å². The van der Waals surface area contributed by atoms with E-state index in [2.05, 4.69) is 74.9 Å². The van der Waals surface area contributed by atoms with Gasteiger partial charge >= 0.3 is 0 Å². The van der Waals surface area contributed by atoms with E-state index >= 15 is 0 Å². The standard InChI is InChI=1S/C15H17BrN2/c16-12-7-13-17-18(14-8-3-1-4-9-14)15-10-5-2-6-11-15/h1-6,8-11,17H,7,12-13H2. The van der Waals surface area contributed by atoms with Crippen LogP contribution in [0, 0.1) is 0 Å². The normalized spacial score (nSPS) is 10.3. The molecule has 0 heterocycles. The lowest BCUT2D eigenvalue weighted by Gasteiger charge is -2.25. The van der Waals surface area contributed by atoms with Crippen molar-refractivity contribution in [1.82, 2.24) is 5.43 Å². The van der Waals surface area contributed by atoms with Gasteiger partial charge in [0, 0.05) is 11.9 Å². The minimum atomic E-state index is 0.940. The highest BCUT2D eigenvalue weighted by Crippen LogP contribution is 2.22. The molecule has 0 bridgehead atoms. The van der Waals surface area contributed by atoms with Crippen molar-refractivity contribution in [2.75, 3.05) is 16.9 Å². The zero-order valence-electron chi connectivity index (χ0n) is 10.2. The van der Waals surface area contributed by atoms with Gasteiger partial charge < -0.3 is 0 Å². The van der Waals surface area contributed by atoms with Gasteiger partial charge in [0.15, 0.2) is 0 Å². The third kappa shape index (κ3) is 3.59. The van der Waals surface area contributed by atoms with Crippen LogP contribution < -0.4 is 10.4 Å². The van der Waals surface area contributed by atoms with Gasteiger partial charge in [0.05, 0.1) is 11.4 Å². The fourth-order valence-electron chi connectivity index (χ4n) is 1.74. The van der Waals surface area contributed by atoms with Crippen molar-refractivity contribution in [3.63, 3.8) is 0 Å². The topological polar surface area (TPSA) is 15.3 Å². The Labute approximate surface area is 117 Å². The van der Waals surface area contributed by atoms with E-state index in [1.165, 1.54) is 0 Å². The fraction of sp³-hybridized carbons (Fsp3) is 0.200. The van der Waals surface area contributed by atoms with Crippen LogP contribution in [0.15, 0.2) is 60.7 Å². The summed E-state index contributed by atoms with van der Waals surface area (Å²) in [6.45, 7) is 0.940. The predicted octanol–water partition coefficient (Wildman–Crippen LogP) is 4.11. The van der Waals surface area contributed by atoms with Crippen LogP contribution in [0.1, 0.15) is 6.42 Å². The largest absolute Gasteiger partial charge is 0.277 e. The zero-order valence-corrected chi connectivity index (χ0v) is 11.8. The molecule has 0 fully saturated rings. The molecule has 0 aromatic heterocycles. The highest BCUT2D eigenvalue weighted by Gasteiger charge is 2.07. The van der Waals surface area contributed by atoms with Gasteiger partial charge in [-0.25, -0.2) is 5.43 Å². The second-order valence-corrected chi connectivity index (χ2v) is 4.75. The smallest absolute Gasteiger partial charge is 0.0577 e. The zero-order chi connectivity index (χ0) is 12.6. The fourth-order valence-corrected chi connectivity index (χ4v) is 2.02. The highest BCUT2D eigenvalue weighted by molar-refractivity contribution is 9.09. The van der Waals surface area contributed by atoms with Crippen LogP contribution >= 0.6 is 15.9 Å². The molecular formula is C15H17BrN2. The maximum Gasteiger partial charge on any atom is 0.0577 e. The number of nitrogens with one attached hydrogen (secondary N) is 1. The van der Waals surface area contributed by atoms with Crippen LogP contribution in [0.3, 0.4) is 0 Å². The molecule has 94 valence electrons. The lowest BCUT2D eigenvalue weighted by Crippen LogP contribution is -2.34. The molecule has 2 rings (SSSR count). The number of nitrogens with zero attached hydrogens (tertiary/aromatic N) is 1.